The molecular formula is C19H22N2O3. The normalized spacial score (nSPS) is 22.7. The molecule has 0 saturated carbocycles. The number of likely N-dealkylation sites (tertiary alicyclic amines) is 1. The van der Waals surface area contributed by atoms with Crippen molar-refractivity contribution in [2.75, 3.05) is 11.9 Å². The topological polar surface area (TPSA) is 66.5 Å². The first-order chi connectivity index (χ1) is 11.5. The number of hydrogen-bond acceptors (Lipinski definition) is 3. The van der Waals surface area contributed by atoms with Crippen molar-refractivity contribution in [3.63, 3.8) is 0 Å². The number of aryl methyl sites for hydroxylation is 2. The number of nitrogens with zero attached hydrogens (tertiary/aromatic N) is 1. The summed E-state index contributed by atoms with van der Waals surface area (Å²) in [6.45, 7) is 4.03. The Balaban J connectivity index is 1.61. The summed E-state index contributed by atoms with van der Waals surface area (Å²) in [7, 11) is 0. The van der Waals surface area contributed by atoms with Crippen molar-refractivity contribution < 1.29 is 14.4 Å². The molecule has 1 saturated heterocycles. The van der Waals surface area contributed by atoms with E-state index in [1.807, 2.05) is 44.2 Å². The molecule has 1 aliphatic carbocycles. The van der Waals surface area contributed by atoms with Crippen LogP contribution in [0.5, 0.6) is 0 Å². The van der Waals surface area contributed by atoms with Crippen LogP contribution in [0.25, 0.3) is 0 Å². The van der Waals surface area contributed by atoms with E-state index in [0.717, 1.165) is 16.8 Å². The molecule has 24 heavy (non-hydrogen) atoms. The highest BCUT2D eigenvalue weighted by atomic mass is 16.2. The Hall–Kier alpha value is -2.43. The molecular weight excluding hydrogens is 304 g/mol. The minimum atomic E-state index is -0.232. The quantitative estimate of drug-likeness (QED) is 0.683. The third kappa shape index (κ3) is 2.98. The van der Waals surface area contributed by atoms with Gasteiger partial charge in [0.05, 0.1) is 11.8 Å². The van der Waals surface area contributed by atoms with Crippen LogP contribution in [0.1, 0.15) is 30.4 Å². The Kier molecular flexibility index (Phi) is 4.51. The van der Waals surface area contributed by atoms with Crippen molar-refractivity contribution in [2.45, 2.75) is 33.1 Å². The zero-order chi connectivity index (χ0) is 17.3. The number of carbonyl (C=O) groups excluding carboxylic acids is 3. The minimum absolute atomic E-state index is 0.123. The number of carbonyl (C=O) groups is 3. The van der Waals surface area contributed by atoms with Crippen LogP contribution in [0.15, 0.2) is 30.4 Å². The van der Waals surface area contributed by atoms with Gasteiger partial charge in [0, 0.05) is 18.7 Å². The van der Waals surface area contributed by atoms with Gasteiger partial charge in [0.2, 0.25) is 17.7 Å². The van der Waals surface area contributed by atoms with Gasteiger partial charge in [-0.25, -0.2) is 0 Å². The van der Waals surface area contributed by atoms with Gasteiger partial charge < -0.3 is 5.32 Å². The second-order valence-corrected chi connectivity index (χ2v) is 6.55. The molecule has 2 aliphatic rings. The van der Waals surface area contributed by atoms with Crippen molar-refractivity contribution in [1.82, 2.24) is 4.90 Å². The van der Waals surface area contributed by atoms with Crippen LogP contribution in [0.4, 0.5) is 5.69 Å². The molecule has 1 N–H and O–H groups in total. The molecule has 1 fully saturated rings. The molecule has 126 valence electrons. The molecule has 2 atom stereocenters. The number of allylic oxidation sites excluding steroid dienone is 2. The maximum Gasteiger partial charge on any atom is 0.233 e. The van der Waals surface area contributed by atoms with Gasteiger partial charge >= 0.3 is 0 Å². The Morgan fingerprint density at radius 1 is 1.08 bits per heavy atom. The molecule has 0 bridgehead atoms. The number of amides is 3. The van der Waals surface area contributed by atoms with E-state index in [1.54, 1.807) is 0 Å². The van der Waals surface area contributed by atoms with Crippen molar-refractivity contribution in [3.8, 4) is 0 Å². The predicted molar refractivity (Wildman–Crippen MR) is 91.2 cm³/mol. The zero-order valence-electron chi connectivity index (χ0n) is 14.0. The summed E-state index contributed by atoms with van der Waals surface area (Å²) >= 11 is 0. The number of hydrogen-bond donors (Lipinski definition) is 1. The van der Waals surface area contributed by atoms with Crippen molar-refractivity contribution in [1.29, 1.82) is 0 Å². The number of nitrogens with one attached hydrogen (secondary N) is 1. The second kappa shape index (κ2) is 6.59. The summed E-state index contributed by atoms with van der Waals surface area (Å²) in [6, 6.07) is 5.82. The Morgan fingerprint density at radius 3 is 2.17 bits per heavy atom. The molecule has 3 amide bonds. The smallest absolute Gasteiger partial charge is 0.233 e. The van der Waals surface area contributed by atoms with E-state index >= 15 is 0 Å². The molecule has 5 nitrogen and oxygen atoms in total. The fourth-order valence-corrected chi connectivity index (χ4v) is 3.52. The van der Waals surface area contributed by atoms with Crippen LogP contribution in [0.2, 0.25) is 0 Å². The number of para-hydroxylation sites is 1. The van der Waals surface area contributed by atoms with E-state index in [4.69, 9.17) is 0 Å². The maximum absolute atomic E-state index is 12.4. The standard InChI is InChI=1S/C19H22N2O3/c1-12-6-5-7-13(2)17(12)20-16(22)10-11-21-18(23)14-8-3-4-9-15(14)19(21)24/h3-7,14-15H,8-11H2,1-2H3,(H,20,22)/t14-,15+. The Bertz CT molecular complexity index is 677. The van der Waals surface area contributed by atoms with Gasteiger partial charge in [0.1, 0.15) is 0 Å². The van der Waals surface area contributed by atoms with Gasteiger partial charge in [-0.3, -0.25) is 19.3 Å². The summed E-state index contributed by atoms with van der Waals surface area (Å²) in [6.07, 6.45) is 5.30. The van der Waals surface area contributed by atoms with Crippen molar-refractivity contribution in [2.24, 2.45) is 11.8 Å². The lowest BCUT2D eigenvalue weighted by Crippen LogP contribution is -2.34. The molecule has 5 heteroatoms. The van der Waals surface area contributed by atoms with Gasteiger partial charge in [0.15, 0.2) is 0 Å². The summed E-state index contributed by atoms with van der Waals surface area (Å²) in [5, 5.41) is 2.89. The molecule has 1 aromatic rings. The number of fused-ring (bicyclic) bond motifs is 1. The number of imide groups is 1. The van der Waals surface area contributed by atoms with E-state index in [2.05, 4.69) is 5.32 Å². The van der Waals surface area contributed by atoms with E-state index < -0.39 is 0 Å². The van der Waals surface area contributed by atoms with E-state index in [-0.39, 0.29) is 42.5 Å². The highest BCUT2D eigenvalue weighted by molar-refractivity contribution is 6.05. The van der Waals surface area contributed by atoms with Crippen LogP contribution in [0.3, 0.4) is 0 Å². The van der Waals surface area contributed by atoms with Crippen molar-refractivity contribution >= 4 is 23.4 Å². The van der Waals surface area contributed by atoms with Gasteiger partial charge in [-0.05, 0) is 37.8 Å². The summed E-state index contributed by atoms with van der Waals surface area (Å²) in [5.74, 6) is -0.905. The number of anilines is 1. The average molecular weight is 326 g/mol. The largest absolute Gasteiger partial charge is 0.326 e. The molecule has 0 unspecified atom stereocenters. The van der Waals surface area contributed by atoms with Crippen LogP contribution in [-0.4, -0.2) is 29.2 Å². The lowest BCUT2D eigenvalue weighted by molar-refractivity contribution is -0.140. The highest BCUT2D eigenvalue weighted by Crippen LogP contribution is 2.35. The van der Waals surface area contributed by atoms with Crippen LogP contribution in [-0.2, 0) is 14.4 Å². The monoisotopic (exact) mass is 326 g/mol. The maximum atomic E-state index is 12.4. The van der Waals surface area contributed by atoms with Crippen LogP contribution in [0, 0.1) is 25.7 Å². The first-order valence-electron chi connectivity index (χ1n) is 8.35. The Labute approximate surface area is 141 Å². The van der Waals surface area contributed by atoms with E-state index in [0.29, 0.717) is 12.8 Å². The molecule has 1 aromatic carbocycles. The average Bonchev–Trinajstić information content (AvgIpc) is 2.81. The minimum Gasteiger partial charge on any atom is -0.326 e. The second-order valence-electron chi connectivity index (χ2n) is 6.55. The van der Waals surface area contributed by atoms with E-state index in [9.17, 15) is 14.4 Å². The SMILES string of the molecule is Cc1cccc(C)c1NC(=O)CCN1C(=O)[C@H]2CC=CC[C@H]2C1=O. The molecule has 3 rings (SSSR count). The fraction of sp³-hybridized carbons (Fsp3) is 0.421. The third-order valence-corrected chi connectivity index (χ3v) is 4.91. The van der Waals surface area contributed by atoms with Crippen LogP contribution < -0.4 is 5.32 Å². The third-order valence-electron chi connectivity index (χ3n) is 4.91. The first-order valence-corrected chi connectivity index (χ1v) is 8.35. The zero-order valence-corrected chi connectivity index (χ0v) is 14.0. The van der Waals surface area contributed by atoms with E-state index in [1.165, 1.54) is 4.90 Å². The summed E-state index contributed by atoms with van der Waals surface area (Å²) in [4.78, 5) is 38.2. The lowest BCUT2D eigenvalue weighted by atomic mass is 9.85. The predicted octanol–water partition coefficient (Wildman–Crippen LogP) is 2.58. The molecule has 0 aromatic heterocycles. The van der Waals surface area contributed by atoms with Gasteiger partial charge in [0.25, 0.3) is 0 Å². The fourth-order valence-electron chi connectivity index (χ4n) is 3.52. The Morgan fingerprint density at radius 2 is 1.62 bits per heavy atom. The summed E-state index contributed by atoms with van der Waals surface area (Å²) in [5.41, 5.74) is 2.79. The highest BCUT2D eigenvalue weighted by Gasteiger charge is 2.46. The lowest BCUT2D eigenvalue weighted by Gasteiger charge is -2.15. The van der Waals surface area contributed by atoms with Gasteiger partial charge in [-0.1, -0.05) is 30.4 Å². The van der Waals surface area contributed by atoms with Gasteiger partial charge in [-0.2, -0.15) is 0 Å². The first kappa shape index (κ1) is 16.4. The van der Waals surface area contributed by atoms with Crippen molar-refractivity contribution in [3.05, 3.63) is 41.5 Å². The molecule has 1 heterocycles. The molecule has 0 spiro atoms. The number of rotatable bonds is 4. The van der Waals surface area contributed by atoms with Crippen LogP contribution >= 0.6 is 0 Å². The molecule has 0 radical (unpaired) electrons. The molecule has 1 aliphatic heterocycles. The van der Waals surface area contributed by atoms with Gasteiger partial charge in [-0.15, -0.1) is 0 Å². The summed E-state index contributed by atoms with van der Waals surface area (Å²) < 4.78 is 0. The number of benzene rings is 1.